The number of esters is 1. The molecule has 0 saturated heterocycles. The van der Waals surface area contributed by atoms with E-state index >= 15 is 0 Å². The molecule has 0 spiro atoms. The summed E-state index contributed by atoms with van der Waals surface area (Å²) in [6.07, 6.45) is 0. The topological polar surface area (TPSA) is 143 Å². The molecule has 0 aliphatic heterocycles. The third-order valence-electron chi connectivity index (χ3n) is 6.67. The zero-order chi connectivity index (χ0) is 30.5. The summed E-state index contributed by atoms with van der Waals surface area (Å²) in [5.41, 5.74) is 4.76. The van der Waals surface area contributed by atoms with E-state index in [0.717, 1.165) is 11.1 Å². The molecule has 1 N–H and O–H groups in total. The molecule has 0 fully saturated rings. The van der Waals surface area contributed by atoms with Crippen molar-refractivity contribution in [2.45, 2.75) is 6.92 Å². The Balaban J connectivity index is 1.41. The molecule has 0 radical (unpaired) electrons. The molecule has 4 aromatic carbocycles. The first-order chi connectivity index (χ1) is 20.7. The van der Waals surface area contributed by atoms with Crippen LogP contribution in [0.25, 0.3) is 33.5 Å². The second-order valence-corrected chi connectivity index (χ2v) is 9.46. The van der Waals surface area contributed by atoms with Gasteiger partial charge in [-0.1, -0.05) is 6.07 Å². The van der Waals surface area contributed by atoms with Gasteiger partial charge in [-0.3, -0.25) is 14.9 Å². The number of non-ortho nitro benzene ring substituents is 1. The summed E-state index contributed by atoms with van der Waals surface area (Å²) in [4.78, 5) is 45.6. The number of rotatable bonds is 9. The van der Waals surface area contributed by atoms with E-state index < -0.39 is 23.4 Å². The van der Waals surface area contributed by atoms with Gasteiger partial charge in [0, 0.05) is 23.3 Å². The van der Waals surface area contributed by atoms with Gasteiger partial charge in [0.15, 0.2) is 6.61 Å². The number of carbonyl (C=O) groups is 2. The minimum Gasteiger partial charge on any atom is -0.497 e. The summed E-state index contributed by atoms with van der Waals surface area (Å²) >= 11 is 0. The molecule has 0 aliphatic rings. The monoisotopic (exact) mass is 578 g/mol. The van der Waals surface area contributed by atoms with E-state index in [4.69, 9.17) is 24.2 Å². The van der Waals surface area contributed by atoms with Crippen molar-refractivity contribution >= 4 is 34.3 Å². The van der Waals surface area contributed by atoms with E-state index in [1.165, 1.54) is 18.2 Å². The summed E-state index contributed by atoms with van der Waals surface area (Å²) in [5.74, 6) is 0.0297. The first kappa shape index (κ1) is 28.7. The Kier molecular flexibility index (Phi) is 8.24. The van der Waals surface area contributed by atoms with E-state index in [1.54, 1.807) is 39.3 Å². The highest BCUT2D eigenvalue weighted by Crippen LogP contribution is 2.33. The summed E-state index contributed by atoms with van der Waals surface area (Å²) < 4.78 is 15.8. The predicted octanol–water partition coefficient (Wildman–Crippen LogP) is 5.99. The molecule has 1 amide bonds. The highest BCUT2D eigenvalue weighted by Gasteiger charge is 2.17. The molecule has 43 heavy (non-hydrogen) atoms. The van der Waals surface area contributed by atoms with Crippen molar-refractivity contribution in [1.29, 1.82) is 0 Å². The lowest BCUT2D eigenvalue weighted by atomic mass is 10.0. The third-order valence-corrected chi connectivity index (χ3v) is 6.67. The number of methoxy groups -OCH3 is 2. The number of fused-ring (bicyclic) bond motifs is 1. The lowest BCUT2D eigenvalue weighted by Gasteiger charge is -2.12. The number of nitro groups is 1. The Morgan fingerprint density at radius 1 is 0.791 bits per heavy atom. The maximum absolute atomic E-state index is 12.9. The van der Waals surface area contributed by atoms with Crippen LogP contribution in [-0.4, -0.2) is 47.6 Å². The fourth-order valence-electron chi connectivity index (χ4n) is 4.34. The lowest BCUT2D eigenvalue weighted by molar-refractivity contribution is -0.384. The Morgan fingerprint density at radius 3 is 1.93 bits per heavy atom. The van der Waals surface area contributed by atoms with E-state index in [2.05, 4.69) is 5.32 Å². The zero-order valence-electron chi connectivity index (χ0n) is 23.5. The summed E-state index contributed by atoms with van der Waals surface area (Å²) in [6.45, 7) is 1.11. The van der Waals surface area contributed by atoms with Crippen molar-refractivity contribution in [1.82, 2.24) is 9.97 Å². The normalized spacial score (nSPS) is 10.7. The van der Waals surface area contributed by atoms with Gasteiger partial charge in [0.1, 0.15) is 11.5 Å². The summed E-state index contributed by atoms with van der Waals surface area (Å²) in [7, 11) is 3.19. The number of hydrogen-bond donors (Lipinski definition) is 1. The summed E-state index contributed by atoms with van der Waals surface area (Å²) in [6, 6.07) is 23.8. The fraction of sp³-hybridized carbons (Fsp3) is 0.125. The number of benzene rings is 4. The highest BCUT2D eigenvalue weighted by atomic mass is 16.6. The van der Waals surface area contributed by atoms with Crippen molar-refractivity contribution in [3.05, 3.63) is 106 Å². The average Bonchev–Trinajstić information content (AvgIpc) is 3.03. The van der Waals surface area contributed by atoms with E-state index in [1.807, 2.05) is 48.5 Å². The average molecular weight is 579 g/mol. The largest absolute Gasteiger partial charge is 0.497 e. The SMILES string of the molecule is COc1ccc(-c2nc3ccc(C(=O)OCC(=O)Nc4cc([N+](=O)[O-])ccc4C)cc3nc2-c2ccc(OC)cc2)cc1. The van der Waals surface area contributed by atoms with Gasteiger partial charge in [-0.05, 0) is 79.2 Å². The number of anilines is 1. The first-order valence-electron chi connectivity index (χ1n) is 13.1. The molecule has 216 valence electrons. The molecule has 0 atom stereocenters. The van der Waals surface area contributed by atoms with E-state index in [-0.39, 0.29) is 16.9 Å². The molecule has 1 heterocycles. The number of aryl methyl sites for hydroxylation is 1. The minimum absolute atomic E-state index is 0.167. The molecule has 0 saturated carbocycles. The van der Waals surface area contributed by atoms with Crippen LogP contribution in [0.5, 0.6) is 11.5 Å². The standard InChI is InChI=1S/C32H26N4O7/c1-19-4-10-23(36(39)40)17-27(19)33-29(37)18-43-32(38)22-9-15-26-28(16-22)35-31(21-7-13-25(42-3)14-8-21)30(34-26)20-5-11-24(41-2)12-6-20/h4-17H,18H2,1-3H3,(H,33,37). The van der Waals surface area contributed by atoms with Crippen LogP contribution in [0.3, 0.4) is 0 Å². The number of aromatic nitrogens is 2. The van der Waals surface area contributed by atoms with Gasteiger partial charge < -0.3 is 19.5 Å². The predicted molar refractivity (Wildman–Crippen MR) is 160 cm³/mol. The molecular weight excluding hydrogens is 552 g/mol. The van der Waals surface area contributed by atoms with Gasteiger partial charge in [-0.2, -0.15) is 0 Å². The fourth-order valence-corrected chi connectivity index (χ4v) is 4.34. The van der Waals surface area contributed by atoms with E-state index in [0.29, 0.717) is 39.5 Å². The molecule has 5 rings (SSSR count). The van der Waals surface area contributed by atoms with Gasteiger partial charge >= 0.3 is 5.97 Å². The molecule has 11 heteroatoms. The number of nitrogens with one attached hydrogen (secondary N) is 1. The van der Waals surface area contributed by atoms with Gasteiger partial charge in [0.25, 0.3) is 11.6 Å². The first-order valence-corrected chi connectivity index (χ1v) is 13.1. The van der Waals surface area contributed by atoms with Crippen molar-refractivity contribution < 1.29 is 28.7 Å². The van der Waals surface area contributed by atoms with Gasteiger partial charge in [-0.25, -0.2) is 14.8 Å². The van der Waals surface area contributed by atoms with Gasteiger partial charge in [0.2, 0.25) is 0 Å². The number of carbonyl (C=O) groups excluding carboxylic acids is 2. The van der Waals surface area contributed by atoms with Crippen molar-refractivity contribution in [3.63, 3.8) is 0 Å². The molecule has 0 bridgehead atoms. The third kappa shape index (κ3) is 6.41. The molecule has 0 aliphatic carbocycles. The zero-order valence-corrected chi connectivity index (χ0v) is 23.5. The maximum Gasteiger partial charge on any atom is 0.338 e. The number of hydrogen-bond acceptors (Lipinski definition) is 9. The number of nitro benzene ring substituents is 1. The van der Waals surface area contributed by atoms with Gasteiger partial charge in [-0.15, -0.1) is 0 Å². The molecule has 5 aromatic rings. The van der Waals surface area contributed by atoms with Crippen LogP contribution < -0.4 is 14.8 Å². The van der Waals surface area contributed by atoms with Crippen LogP contribution in [0.1, 0.15) is 15.9 Å². The van der Waals surface area contributed by atoms with Crippen LogP contribution in [0.15, 0.2) is 84.9 Å². The molecular formula is C32H26N4O7. The van der Waals surface area contributed by atoms with Crippen LogP contribution >= 0.6 is 0 Å². The quantitative estimate of drug-likeness (QED) is 0.127. The number of amides is 1. The Bertz CT molecular complexity index is 1840. The van der Waals surface area contributed by atoms with Crippen LogP contribution in [-0.2, 0) is 9.53 Å². The van der Waals surface area contributed by atoms with Crippen molar-refractivity contribution in [2.75, 3.05) is 26.1 Å². The Morgan fingerprint density at radius 2 is 1.37 bits per heavy atom. The van der Waals surface area contributed by atoms with Crippen molar-refractivity contribution in [2.24, 2.45) is 0 Å². The molecule has 11 nitrogen and oxygen atoms in total. The Labute approximate surface area is 246 Å². The molecule has 1 aromatic heterocycles. The molecule has 0 unspecified atom stereocenters. The van der Waals surface area contributed by atoms with Gasteiger partial charge in [0.05, 0.1) is 52.8 Å². The van der Waals surface area contributed by atoms with Crippen LogP contribution in [0.4, 0.5) is 11.4 Å². The Hall–Kier alpha value is -5.84. The smallest absolute Gasteiger partial charge is 0.338 e. The van der Waals surface area contributed by atoms with Crippen molar-refractivity contribution in [3.8, 4) is 34.0 Å². The summed E-state index contributed by atoms with van der Waals surface area (Å²) in [5, 5.41) is 13.6. The second kappa shape index (κ2) is 12.4. The minimum atomic E-state index is -0.736. The highest BCUT2D eigenvalue weighted by molar-refractivity contribution is 5.98. The number of ether oxygens (including phenoxy) is 3. The van der Waals surface area contributed by atoms with Crippen LogP contribution in [0.2, 0.25) is 0 Å². The van der Waals surface area contributed by atoms with Crippen LogP contribution in [0, 0.1) is 17.0 Å². The van der Waals surface area contributed by atoms with E-state index in [9.17, 15) is 19.7 Å². The second-order valence-electron chi connectivity index (χ2n) is 9.46. The maximum atomic E-state index is 12.9. The lowest BCUT2D eigenvalue weighted by Crippen LogP contribution is -2.21. The number of nitrogens with zero attached hydrogens (tertiary/aromatic N) is 3.